The number of aromatic nitrogens is 1. The van der Waals surface area contributed by atoms with Crippen molar-refractivity contribution in [1.82, 2.24) is 9.29 Å². The average Bonchev–Trinajstić information content (AvgIpc) is 2.36. The Bertz CT molecular complexity index is 519. The molecule has 0 unspecified atom stereocenters. The van der Waals surface area contributed by atoms with Crippen LogP contribution in [0.5, 0.6) is 0 Å². The summed E-state index contributed by atoms with van der Waals surface area (Å²) in [5.74, 6) is 5.85. The highest BCUT2D eigenvalue weighted by Crippen LogP contribution is 2.22. The Morgan fingerprint density at radius 1 is 1.25 bits per heavy atom. The van der Waals surface area contributed by atoms with Gasteiger partial charge in [0.1, 0.15) is 0 Å². The summed E-state index contributed by atoms with van der Waals surface area (Å²) in [6.07, 6.45) is 1.46. The van der Waals surface area contributed by atoms with E-state index in [4.69, 9.17) is 5.84 Å². The highest BCUT2D eigenvalue weighted by Gasteiger charge is 2.29. The minimum absolute atomic E-state index is 0.0243. The van der Waals surface area contributed by atoms with Crippen LogP contribution in [0.25, 0.3) is 0 Å². The van der Waals surface area contributed by atoms with E-state index in [1.807, 2.05) is 27.7 Å². The monoisotopic (exact) mass is 300 g/mol. The molecule has 0 atom stereocenters. The Labute approximate surface area is 121 Å². The lowest BCUT2D eigenvalue weighted by atomic mass is 10.2. The zero-order valence-electron chi connectivity index (χ0n) is 12.5. The summed E-state index contributed by atoms with van der Waals surface area (Å²) in [7, 11) is -3.65. The summed E-state index contributed by atoms with van der Waals surface area (Å²) in [6, 6.07) is 3.24. The van der Waals surface area contributed by atoms with Gasteiger partial charge in [-0.15, -0.1) is 0 Å². The largest absolute Gasteiger partial charge is 0.321 e. The molecule has 0 saturated carbocycles. The second-order valence-electron chi connectivity index (χ2n) is 5.61. The van der Waals surface area contributed by atoms with Crippen molar-refractivity contribution in [3.05, 3.63) is 18.3 Å². The van der Waals surface area contributed by atoms with Crippen LogP contribution >= 0.6 is 0 Å². The highest BCUT2D eigenvalue weighted by atomic mass is 32.2. The first-order valence-corrected chi connectivity index (χ1v) is 8.14. The van der Waals surface area contributed by atoms with E-state index in [0.717, 1.165) is 0 Å². The number of sulfonamides is 1. The van der Waals surface area contributed by atoms with Crippen molar-refractivity contribution in [3.8, 4) is 0 Å². The second-order valence-corrected chi connectivity index (χ2v) is 7.46. The number of nitrogen functional groups attached to an aromatic ring is 1. The number of nitrogens with zero attached hydrogens (tertiary/aromatic N) is 2. The van der Waals surface area contributed by atoms with Gasteiger partial charge >= 0.3 is 0 Å². The van der Waals surface area contributed by atoms with E-state index in [-0.39, 0.29) is 16.9 Å². The van der Waals surface area contributed by atoms with Gasteiger partial charge in [-0.05, 0) is 24.0 Å². The molecule has 0 aliphatic heterocycles. The number of rotatable bonds is 7. The lowest BCUT2D eigenvalue weighted by molar-refractivity contribution is 0.332. The van der Waals surface area contributed by atoms with Crippen molar-refractivity contribution in [2.45, 2.75) is 32.7 Å². The fourth-order valence-electron chi connectivity index (χ4n) is 1.91. The second kappa shape index (κ2) is 7.01. The van der Waals surface area contributed by atoms with Gasteiger partial charge in [-0.2, -0.15) is 4.31 Å². The zero-order valence-corrected chi connectivity index (χ0v) is 13.3. The number of anilines is 1. The van der Waals surface area contributed by atoms with Crippen molar-refractivity contribution in [1.29, 1.82) is 0 Å². The van der Waals surface area contributed by atoms with Gasteiger partial charge in [0.2, 0.25) is 0 Å². The Hall–Kier alpha value is -1.18. The molecule has 0 aliphatic rings. The molecule has 6 nitrogen and oxygen atoms in total. The predicted octanol–water partition coefficient (Wildman–Crippen LogP) is 1.67. The fourth-order valence-corrected chi connectivity index (χ4v) is 3.75. The molecule has 0 amide bonds. The molecule has 0 spiro atoms. The Morgan fingerprint density at radius 2 is 1.80 bits per heavy atom. The minimum Gasteiger partial charge on any atom is -0.321 e. The molecular formula is C13H24N4O2S. The summed E-state index contributed by atoms with van der Waals surface area (Å²) in [5, 5.41) is -0.0243. The van der Waals surface area contributed by atoms with E-state index in [0.29, 0.717) is 18.8 Å². The molecule has 1 aromatic rings. The van der Waals surface area contributed by atoms with E-state index in [2.05, 4.69) is 10.4 Å². The van der Waals surface area contributed by atoms with Crippen LogP contribution in [0.3, 0.4) is 0 Å². The van der Waals surface area contributed by atoms with Crippen molar-refractivity contribution >= 4 is 15.7 Å². The van der Waals surface area contributed by atoms with Gasteiger partial charge in [0.25, 0.3) is 10.0 Å². The number of pyridine rings is 1. The van der Waals surface area contributed by atoms with E-state index in [1.54, 1.807) is 12.1 Å². The van der Waals surface area contributed by atoms with Crippen LogP contribution in [0.2, 0.25) is 0 Å². The number of hydrogen-bond donors (Lipinski definition) is 2. The summed E-state index contributed by atoms with van der Waals surface area (Å²) in [4.78, 5) is 3.98. The molecule has 114 valence electrons. The Kier molecular flexibility index (Phi) is 5.91. The summed E-state index contributed by atoms with van der Waals surface area (Å²) >= 11 is 0. The number of hydrogen-bond acceptors (Lipinski definition) is 5. The van der Waals surface area contributed by atoms with Gasteiger partial charge in [-0.3, -0.25) is 5.84 Å². The van der Waals surface area contributed by atoms with Crippen LogP contribution in [0.1, 0.15) is 27.7 Å². The Morgan fingerprint density at radius 3 is 2.25 bits per heavy atom. The SMILES string of the molecule is CC(C)CN(CC(C)C)S(=O)(=O)c1ncccc1NN. The fraction of sp³-hybridized carbons (Fsp3) is 0.615. The third-order valence-corrected chi connectivity index (χ3v) is 4.44. The van der Waals surface area contributed by atoms with Gasteiger partial charge in [-0.1, -0.05) is 27.7 Å². The van der Waals surface area contributed by atoms with Crippen molar-refractivity contribution in [3.63, 3.8) is 0 Å². The predicted molar refractivity (Wildman–Crippen MR) is 80.5 cm³/mol. The minimum atomic E-state index is -3.65. The van der Waals surface area contributed by atoms with Gasteiger partial charge in [0.05, 0.1) is 5.69 Å². The zero-order chi connectivity index (χ0) is 15.3. The summed E-state index contributed by atoms with van der Waals surface area (Å²) in [6.45, 7) is 8.88. The van der Waals surface area contributed by atoms with Gasteiger partial charge < -0.3 is 5.43 Å². The molecule has 0 radical (unpaired) electrons. The van der Waals surface area contributed by atoms with Crippen LogP contribution in [0.4, 0.5) is 5.69 Å². The number of nitrogens with one attached hydrogen (secondary N) is 1. The molecule has 7 heteroatoms. The molecule has 0 aliphatic carbocycles. The van der Waals surface area contributed by atoms with Crippen LogP contribution in [0.15, 0.2) is 23.4 Å². The molecule has 1 aromatic heterocycles. The normalized spacial score (nSPS) is 12.4. The van der Waals surface area contributed by atoms with E-state index < -0.39 is 10.0 Å². The first-order chi connectivity index (χ1) is 9.28. The third-order valence-electron chi connectivity index (χ3n) is 2.65. The molecule has 0 saturated heterocycles. The average molecular weight is 300 g/mol. The Balaban J connectivity index is 3.21. The molecule has 1 heterocycles. The van der Waals surface area contributed by atoms with E-state index in [9.17, 15) is 8.42 Å². The molecule has 1 rings (SSSR count). The van der Waals surface area contributed by atoms with Crippen LogP contribution < -0.4 is 11.3 Å². The quantitative estimate of drug-likeness (QED) is 0.590. The number of hydrazine groups is 1. The van der Waals surface area contributed by atoms with Crippen molar-refractivity contribution in [2.24, 2.45) is 17.7 Å². The third kappa shape index (κ3) is 4.16. The molecule has 0 bridgehead atoms. The highest BCUT2D eigenvalue weighted by molar-refractivity contribution is 7.89. The van der Waals surface area contributed by atoms with Gasteiger partial charge in [0, 0.05) is 19.3 Å². The smallest absolute Gasteiger partial charge is 0.262 e. The maximum atomic E-state index is 12.8. The van der Waals surface area contributed by atoms with Crippen LogP contribution in [0, 0.1) is 11.8 Å². The molecule has 3 N–H and O–H groups in total. The van der Waals surface area contributed by atoms with E-state index >= 15 is 0 Å². The van der Waals surface area contributed by atoms with Crippen molar-refractivity contribution < 1.29 is 8.42 Å². The summed E-state index contributed by atoms with van der Waals surface area (Å²) < 4.78 is 27.0. The lowest BCUT2D eigenvalue weighted by Crippen LogP contribution is -2.37. The topological polar surface area (TPSA) is 88.3 Å². The first-order valence-electron chi connectivity index (χ1n) is 6.70. The number of nitrogens with two attached hydrogens (primary N) is 1. The maximum Gasteiger partial charge on any atom is 0.262 e. The lowest BCUT2D eigenvalue weighted by Gasteiger charge is -2.25. The van der Waals surface area contributed by atoms with Gasteiger partial charge in [-0.25, -0.2) is 13.4 Å². The van der Waals surface area contributed by atoms with Crippen LogP contribution in [-0.2, 0) is 10.0 Å². The molecule has 0 aromatic carbocycles. The maximum absolute atomic E-state index is 12.8. The van der Waals surface area contributed by atoms with Gasteiger partial charge in [0.15, 0.2) is 5.03 Å². The molecule has 20 heavy (non-hydrogen) atoms. The standard InChI is InChI=1S/C13H24N4O2S/c1-10(2)8-17(9-11(3)4)20(18,19)13-12(16-14)6-5-7-15-13/h5-7,10-11,16H,8-9,14H2,1-4H3. The first kappa shape index (κ1) is 16.9. The molecule has 0 fully saturated rings. The molecular weight excluding hydrogens is 276 g/mol. The van der Waals surface area contributed by atoms with Crippen LogP contribution in [-0.4, -0.2) is 30.8 Å². The summed E-state index contributed by atoms with van der Waals surface area (Å²) in [5.41, 5.74) is 2.71. The van der Waals surface area contributed by atoms with Crippen molar-refractivity contribution in [2.75, 3.05) is 18.5 Å². The van der Waals surface area contributed by atoms with E-state index in [1.165, 1.54) is 10.5 Å².